The summed E-state index contributed by atoms with van der Waals surface area (Å²) in [4.78, 5) is 23.3. The summed E-state index contributed by atoms with van der Waals surface area (Å²) in [5.41, 5.74) is 5.06. The summed E-state index contributed by atoms with van der Waals surface area (Å²) in [6.07, 6.45) is -0.548. The molecule has 0 atom stereocenters. The third-order valence-corrected chi connectivity index (χ3v) is 3.84. The predicted molar refractivity (Wildman–Crippen MR) is 91.9 cm³/mol. The van der Waals surface area contributed by atoms with Crippen LogP contribution >= 0.6 is 0 Å². The SMILES string of the molecule is [N-]=[N+]=Nc1c(F)c(F)c(CCCNc2ccc([N+](=O)[O-])cc2C(=O)O)c(F)c1F. The number of hydrogen-bond donors (Lipinski definition) is 2. The molecule has 0 saturated carbocycles. The Labute approximate surface area is 159 Å². The molecule has 0 spiro atoms. The molecule has 0 amide bonds. The second-order valence-electron chi connectivity index (χ2n) is 5.60. The minimum Gasteiger partial charge on any atom is -0.478 e. The van der Waals surface area contributed by atoms with E-state index in [1.54, 1.807) is 0 Å². The van der Waals surface area contributed by atoms with Crippen molar-refractivity contribution in [3.63, 3.8) is 0 Å². The normalized spacial score (nSPS) is 10.3. The van der Waals surface area contributed by atoms with Crippen LogP contribution in [0.2, 0.25) is 0 Å². The van der Waals surface area contributed by atoms with E-state index >= 15 is 0 Å². The number of aromatic carboxylic acids is 1. The summed E-state index contributed by atoms with van der Waals surface area (Å²) in [5.74, 6) is -8.49. The van der Waals surface area contributed by atoms with Crippen molar-refractivity contribution in [3.8, 4) is 0 Å². The van der Waals surface area contributed by atoms with Gasteiger partial charge in [0.25, 0.3) is 5.69 Å². The van der Waals surface area contributed by atoms with Gasteiger partial charge in [-0.25, -0.2) is 22.4 Å². The Morgan fingerprint density at radius 1 is 1.21 bits per heavy atom. The number of rotatable bonds is 8. The van der Waals surface area contributed by atoms with E-state index in [1.165, 1.54) is 0 Å². The van der Waals surface area contributed by atoms with Crippen molar-refractivity contribution in [2.24, 2.45) is 5.11 Å². The van der Waals surface area contributed by atoms with Crippen molar-refractivity contribution in [1.82, 2.24) is 0 Å². The molecule has 0 radical (unpaired) electrons. The molecule has 0 saturated heterocycles. The minimum atomic E-state index is -1.83. The number of azide groups is 1. The van der Waals surface area contributed by atoms with Crippen molar-refractivity contribution in [3.05, 3.63) is 73.2 Å². The number of anilines is 1. The number of nitro benzene ring substituents is 1. The molecule has 2 rings (SSSR count). The Morgan fingerprint density at radius 2 is 1.83 bits per heavy atom. The van der Waals surface area contributed by atoms with Gasteiger partial charge in [-0.05, 0) is 24.4 Å². The van der Waals surface area contributed by atoms with E-state index in [2.05, 4.69) is 15.3 Å². The van der Waals surface area contributed by atoms with Crippen LogP contribution in [-0.2, 0) is 6.42 Å². The zero-order chi connectivity index (χ0) is 21.7. The third-order valence-electron chi connectivity index (χ3n) is 3.84. The molecule has 0 unspecified atom stereocenters. The lowest BCUT2D eigenvalue weighted by Gasteiger charge is -2.11. The van der Waals surface area contributed by atoms with Crippen LogP contribution < -0.4 is 5.32 Å². The lowest BCUT2D eigenvalue weighted by Crippen LogP contribution is -2.10. The fourth-order valence-electron chi connectivity index (χ4n) is 2.48. The predicted octanol–water partition coefficient (Wildman–Crippen LogP) is 4.84. The highest BCUT2D eigenvalue weighted by Gasteiger charge is 2.24. The lowest BCUT2D eigenvalue weighted by molar-refractivity contribution is -0.384. The van der Waals surface area contributed by atoms with Gasteiger partial charge in [0.05, 0.1) is 10.5 Å². The standard InChI is InChI=1S/C16H11F4N5O4/c17-11-8(12(18)14(20)15(13(11)19)23-24-21)2-1-5-22-10-4-3-7(25(28)29)6-9(10)16(26)27/h3-4,6,22H,1-2,5H2,(H,26,27). The molecule has 0 fully saturated rings. The fourth-order valence-corrected chi connectivity index (χ4v) is 2.48. The van der Waals surface area contributed by atoms with Crippen LogP contribution in [0.25, 0.3) is 10.4 Å². The maximum absolute atomic E-state index is 13.9. The van der Waals surface area contributed by atoms with E-state index in [9.17, 15) is 32.5 Å². The van der Waals surface area contributed by atoms with E-state index in [4.69, 9.17) is 10.6 Å². The first-order valence-corrected chi connectivity index (χ1v) is 7.84. The van der Waals surface area contributed by atoms with Crippen LogP contribution in [0.15, 0.2) is 23.3 Å². The monoisotopic (exact) mass is 413 g/mol. The number of non-ortho nitro benzene ring substituents is 1. The molecule has 0 aromatic heterocycles. The number of benzene rings is 2. The highest BCUT2D eigenvalue weighted by molar-refractivity contribution is 5.95. The van der Waals surface area contributed by atoms with Crippen LogP contribution in [0, 0.1) is 33.4 Å². The molecule has 2 aromatic carbocycles. The Bertz CT molecular complexity index is 1010. The van der Waals surface area contributed by atoms with Crippen LogP contribution in [-0.4, -0.2) is 22.5 Å². The van der Waals surface area contributed by atoms with Crippen LogP contribution in [0.4, 0.5) is 34.6 Å². The van der Waals surface area contributed by atoms with Gasteiger partial charge in [0, 0.05) is 34.8 Å². The molecule has 0 aliphatic carbocycles. The highest BCUT2D eigenvalue weighted by Crippen LogP contribution is 2.31. The van der Waals surface area contributed by atoms with E-state index in [0.29, 0.717) is 0 Å². The minimum absolute atomic E-state index is 0.0140. The number of hydrogen-bond acceptors (Lipinski definition) is 5. The van der Waals surface area contributed by atoms with Crippen LogP contribution in [0.3, 0.4) is 0 Å². The molecule has 2 N–H and O–H groups in total. The number of carboxylic acids is 1. The van der Waals surface area contributed by atoms with Crippen molar-refractivity contribution in [2.45, 2.75) is 12.8 Å². The largest absolute Gasteiger partial charge is 0.478 e. The average Bonchev–Trinajstić information content (AvgIpc) is 2.69. The first kappa shape index (κ1) is 21.4. The Hall–Kier alpha value is -3.86. The van der Waals surface area contributed by atoms with Gasteiger partial charge in [-0.3, -0.25) is 10.1 Å². The van der Waals surface area contributed by atoms with Gasteiger partial charge >= 0.3 is 5.97 Å². The molecule has 2 aromatic rings. The summed E-state index contributed by atoms with van der Waals surface area (Å²) < 4.78 is 55.3. The van der Waals surface area contributed by atoms with Gasteiger partial charge in [-0.1, -0.05) is 5.11 Å². The van der Waals surface area contributed by atoms with E-state index < -0.39 is 63.1 Å². The molecule has 9 nitrogen and oxygen atoms in total. The molecule has 0 bridgehead atoms. The molecule has 0 heterocycles. The average molecular weight is 413 g/mol. The lowest BCUT2D eigenvalue weighted by atomic mass is 10.1. The Balaban J connectivity index is 2.15. The highest BCUT2D eigenvalue weighted by atomic mass is 19.2. The maximum atomic E-state index is 13.9. The number of carbonyl (C=O) groups is 1. The Kier molecular flexibility index (Phi) is 6.57. The second kappa shape index (κ2) is 8.89. The molecule has 29 heavy (non-hydrogen) atoms. The summed E-state index contributed by atoms with van der Waals surface area (Å²) in [7, 11) is 0. The zero-order valence-electron chi connectivity index (χ0n) is 14.3. The fraction of sp³-hybridized carbons (Fsp3) is 0.188. The van der Waals surface area contributed by atoms with Crippen LogP contribution in [0.5, 0.6) is 0 Å². The smallest absolute Gasteiger partial charge is 0.338 e. The number of nitrogens with one attached hydrogen (secondary N) is 1. The van der Waals surface area contributed by atoms with Crippen molar-refractivity contribution in [1.29, 1.82) is 0 Å². The molecule has 152 valence electrons. The zero-order valence-corrected chi connectivity index (χ0v) is 14.3. The van der Waals surface area contributed by atoms with E-state index in [1.807, 2.05) is 0 Å². The molecule has 0 aliphatic rings. The number of nitro groups is 1. The molecular weight excluding hydrogens is 402 g/mol. The van der Waals surface area contributed by atoms with Gasteiger partial charge in [0.15, 0.2) is 23.3 Å². The van der Waals surface area contributed by atoms with Crippen LogP contribution in [0.1, 0.15) is 22.3 Å². The van der Waals surface area contributed by atoms with Gasteiger partial charge in [-0.2, -0.15) is 0 Å². The van der Waals surface area contributed by atoms with E-state index in [-0.39, 0.29) is 18.7 Å². The van der Waals surface area contributed by atoms with Crippen molar-refractivity contribution >= 4 is 23.0 Å². The Morgan fingerprint density at radius 3 is 2.34 bits per heavy atom. The summed E-state index contributed by atoms with van der Waals surface area (Å²) in [6, 6.07) is 3.05. The summed E-state index contributed by atoms with van der Waals surface area (Å²) in [5, 5.41) is 25.1. The summed E-state index contributed by atoms with van der Waals surface area (Å²) in [6.45, 7) is -0.0711. The molecule has 13 heteroatoms. The van der Waals surface area contributed by atoms with Gasteiger partial charge in [0.2, 0.25) is 0 Å². The first-order chi connectivity index (χ1) is 13.7. The van der Waals surface area contributed by atoms with E-state index in [0.717, 1.165) is 18.2 Å². The third kappa shape index (κ3) is 4.52. The number of nitrogens with zero attached hydrogens (tertiary/aromatic N) is 4. The first-order valence-electron chi connectivity index (χ1n) is 7.84. The van der Waals surface area contributed by atoms with Crippen molar-refractivity contribution < 1.29 is 32.4 Å². The van der Waals surface area contributed by atoms with Crippen molar-refractivity contribution in [2.75, 3.05) is 11.9 Å². The van der Waals surface area contributed by atoms with Gasteiger partial charge in [-0.15, -0.1) is 0 Å². The topological polar surface area (TPSA) is 141 Å². The molecular formula is C16H11F4N5O4. The van der Waals surface area contributed by atoms with Gasteiger partial charge in [0.1, 0.15) is 5.69 Å². The quantitative estimate of drug-likeness (QED) is 0.0931. The maximum Gasteiger partial charge on any atom is 0.338 e. The number of carboxylic acid groups (broad SMARTS) is 1. The second-order valence-corrected chi connectivity index (χ2v) is 5.60. The van der Waals surface area contributed by atoms with Gasteiger partial charge < -0.3 is 10.4 Å². The summed E-state index contributed by atoms with van der Waals surface area (Å²) >= 11 is 0. The number of halogens is 4. The molecule has 0 aliphatic heterocycles.